The number of rotatable bonds is 10. The van der Waals surface area contributed by atoms with Gasteiger partial charge in [0.1, 0.15) is 6.26 Å². The Kier molecular flexibility index (Phi) is 12.0. The number of hydrogen-bond acceptors (Lipinski definition) is 5. The van der Waals surface area contributed by atoms with E-state index in [9.17, 15) is 4.79 Å². The number of aliphatic imine (C=N–C) groups is 1. The molecular formula is C21H31IN4O3. The molecule has 0 atom stereocenters. The molecule has 0 aliphatic rings. The highest BCUT2D eigenvalue weighted by Crippen LogP contribution is 2.18. The van der Waals surface area contributed by atoms with Crippen LogP contribution in [0.4, 0.5) is 0 Å². The molecule has 0 saturated heterocycles. The minimum Gasteiger partial charge on any atom is -0.469 e. The van der Waals surface area contributed by atoms with Gasteiger partial charge in [0.25, 0.3) is 0 Å². The van der Waals surface area contributed by atoms with E-state index in [1.807, 2.05) is 24.3 Å². The molecule has 2 N–H and O–H groups in total. The zero-order valence-corrected chi connectivity index (χ0v) is 19.7. The van der Waals surface area contributed by atoms with Gasteiger partial charge >= 0.3 is 5.97 Å². The number of methoxy groups -OCH3 is 1. The standard InChI is InChI=1S/C21H30N4O3.HI/c1-16-9-11-17(12-10-16)20-25-18(15-28-20)14-24-21(22-2)23-13-7-5-4-6-8-19(26)27-3;/h9-12,15H,4-8,13-14H2,1-3H3,(H2,22,23,24);1H. The van der Waals surface area contributed by atoms with Crippen molar-refractivity contribution in [2.75, 3.05) is 20.7 Å². The van der Waals surface area contributed by atoms with Gasteiger partial charge in [-0.3, -0.25) is 9.79 Å². The first-order chi connectivity index (χ1) is 13.6. The van der Waals surface area contributed by atoms with Crippen LogP contribution in [0, 0.1) is 6.92 Å². The van der Waals surface area contributed by atoms with Crippen LogP contribution in [0.2, 0.25) is 0 Å². The van der Waals surface area contributed by atoms with Crippen molar-refractivity contribution in [2.45, 2.75) is 45.6 Å². The number of guanidine groups is 1. The molecule has 7 nitrogen and oxygen atoms in total. The van der Waals surface area contributed by atoms with Gasteiger partial charge in [-0.15, -0.1) is 24.0 Å². The number of nitrogens with zero attached hydrogens (tertiary/aromatic N) is 2. The molecule has 0 bridgehead atoms. The van der Waals surface area contributed by atoms with E-state index in [1.54, 1.807) is 13.3 Å². The first-order valence-corrected chi connectivity index (χ1v) is 9.65. The lowest BCUT2D eigenvalue weighted by Gasteiger charge is -2.10. The Balaban J connectivity index is 0.00000420. The van der Waals surface area contributed by atoms with Crippen LogP contribution >= 0.6 is 24.0 Å². The molecule has 1 aromatic heterocycles. The molecule has 0 fully saturated rings. The second kappa shape index (κ2) is 14.0. The van der Waals surface area contributed by atoms with Crippen molar-refractivity contribution in [1.82, 2.24) is 15.6 Å². The number of esters is 1. The van der Waals surface area contributed by atoms with Crippen molar-refractivity contribution in [3.63, 3.8) is 0 Å². The molecule has 8 heteroatoms. The number of aromatic nitrogens is 1. The van der Waals surface area contributed by atoms with Gasteiger partial charge in [0.15, 0.2) is 5.96 Å². The average molecular weight is 514 g/mol. The van der Waals surface area contributed by atoms with Crippen LogP contribution < -0.4 is 10.6 Å². The molecule has 1 aromatic carbocycles. The SMILES string of the molecule is CN=C(NCCCCCCC(=O)OC)NCc1coc(-c2ccc(C)cc2)n1.I. The molecule has 0 amide bonds. The van der Waals surface area contributed by atoms with Gasteiger partial charge in [-0.25, -0.2) is 4.98 Å². The molecule has 0 saturated carbocycles. The van der Waals surface area contributed by atoms with E-state index in [1.165, 1.54) is 12.7 Å². The van der Waals surface area contributed by atoms with E-state index in [0.717, 1.165) is 49.4 Å². The zero-order chi connectivity index (χ0) is 20.2. The maximum atomic E-state index is 11.0. The van der Waals surface area contributed by atoms with Crippen molar-refractivity contribution in [2.24, 2.45) is 4.99 Å². The van der Waals surface area contributed by atoms with E-state index in [2.05, 4.69) is 32.3 Å². The summed E-state index contributed by atoms with van der Waals surface area (Å²) in [5.74, 6) is 1.21. The van der Waals surface area contributed by atoms with Crippen LogP contribution in [-0.4, -0.2) is 37.6 Å². The van der Waals surface area contributed by atoms with Crippen molar-refractivity contribution >= 4 is 35.9 Å². The number of unbranched alkanes of at least 4 members (excludes halogenated alkanes) is 3. The van der Waals surface area contributed by atoms with Crippen LogP contribution in [0.1, 0.15) is 43.4 Å². The van der Waals surface area contributed by atoms with Gasteiger partial charge in [0.05, 0.1) is 19.3 Å². The molecule has 1 heterocycles. The van der Waals surface area contributed by atoms with E-state index in [-0.39, 0.29) is 29.9 Å². The monoisotopic (exact) mass is 514 g/mol. The second-order valence-electron chi connectivity index (χ2n) is 6.60. The number of oxazole rings is 1. The fraction of sp³-hybridized carbons (Fsp3) is 0.476. The third kappa shape index (κ3) is 9.29. The second-order valence-corrected chi connectivity index (χ2v) is 6.60. The van der Waals surface area contributed by atoms with E-state index in [0.29, 0.717) is 18.9 Å². The molecule has 0 unspecified atom stereocenters. The Hall–Kier alpha value is -2.10. The smallest absolute Gasteiger partial charge is 0.305 e. The fourth-order valence-corrected chi connectivity index (χ4v) is 2.67. The minimum absolute atomic E-state index is 0. The van der Waals surface area contributed by atoms with Gasteiger partial charge in [-0.05, 0) is 31.9 Å². The highest BCUT2D eigenvalue weighted by molar-refractivity contribution is 14.0. The van der Waals surface area contributed by atoms with Gasteiger partial charge in [0, 0.05) is 25.6 Å². The van der Waals surface area contributed by atoms with Crippen LogP contribution in [0.15, 0.2) is 39.9 Å². The predicted molar refractivity (Wildman–Crippen MR) is 125 cm³/mol. The number of hydrogen-bond donors (Lipinski definition) is 2. The lowest BCUT2D eigenvalue weighted by molar-refractivity contribution is -0.140. The average Bonchev–Trinajstić information content (AvgIpc) is 3.18. The Labute approximate surface area is 189 Å². The van der Waals surface area contributed by atoms with Crippen molar-refractivity contribution in [3.8, 4) is 11.5 Å². The molecule has 29 heavy (non-hydrogen) atoms. The van der Waals surface area contributed by atoms with Crippen LogP contribution in [-0.2, 0) is 16.1 Å². The summed E-state index contributed by atoms with van der Waals surface area (Å²) in [6, 6.07) is 8.09. The van der Waals surface area contributed by atoms with Crippen LogP contribution in [0.3, 0.4) is 0 Å². The quantitative estimate of drug-likeness (QED) is 0.164. The molecule has 0 spiro atoms. The van der Waals surface area contributed by atoms with Gasteiger partial charge < -0.3 is 19.8 Å². The largest absolute Gasteiger partial charge is 0.469 e. The highest BCUT2D eigenvalue weighted by Gasteiger charge is 2.07. The summed E-state index contributed by atoms with van der Waals surface area (Å²) in [6.07, 6.45) is 6.12. The fourth-order valence-electron chi connectivity index (χ4n) is 2.67. The Morgan fingerprint density at radius 3 is 2.55 bits per heavy atom. The molecule has 2 aromatic rings. The molecular weight excluding hydrogens is 483 g/mol. The normalized spacial score (nSPS) is 10.9. The number of aryl methyl sites for hydroxylation is 1. The number of nitrogens with one attached hydrogen (secondary N) is 2. The molecule has 2 rings (SSSR count). The summed E-state index contributed by atoms with van der Waals surface area (Å²) in [5.41, 5.74) is 2.99. The van der Waals surface area contributed by atoms with Crippen molar-refractivity contribution in [3.05, 3.63) is 41.8 Å². The summed E-state index contributed by atoms with van der Waals surface area (Å²) >= 11 is 0. The summed E-state index contributed by atoms with van der Waals surface area (Å²) < 4.78 is 10.2. The molecule has 0 aliphatic heterocycles. The van der Waals surface area contributed by atoms with Crippen LogP contribution in [0.5, 0.6) is 0 Å². The highest BCUT2D eigenvalue weighted by atomic mass is 127. The number of ether oxygens (including phenoxy) is 1. The third-order valence-electron chi connectivity index (χ3n) is 4.34. The van der Waals surface area contributed by atoms with Crippen molar-refractivity contribution in [1.29, 1.82) is 0 Å². The lowest BCUT2D eigenvalue weighted by atomic mass is 10.1. The molecule has 0 aliphatic carbocycles. The van der Waals surface area contributed by atoms with Gasteiger partial charge in [-0.1, -0.05) is 30.5 Å². The first-order valence-electron chi connectivity index (χ1n) is 9.65. The number of benzene rings is 1. The van der Waals surface area contributed by atoms with Crippen LogP contribution in [0.25, 0.3) is 11.5 Å². The first kappa shape index (κ1) is 24.9. The van der Waals surface area contributed by atoms with Gasteiger partial charge in [-0.2, -0.15) is 0 Å². The van der Waals surface area contributed by atoms with E-state index >= 15 is 0 Å². The predicted octanol–water partition coefficient (Wildman–Crippen LogP) is 4.06. The zero-order valence-electron chi connectivity index (χ0n) is 17.4. The Morgan fingerprint density at radius 1 is 1.14 bits per heavy atom. The number of carbonyl (C=O) groups excluding carboxylic acids is 1. The molecule has 160 valence electrons. The maximum Gasteiger partial charge on any atom is 0.305 e. The minimum atomic E-state index is -0.138. The number of halogens is 1. The van der Waals surface area contributed by atoms with E-state index in [4.69, 9.17) is 4.42 Å². The summed E-state index contributed by atoms with van der Waals surface area (Å²) in [6.45, 7) is 3.41. The maximum absolute atomic E-state index is 11.0. The third-order valence-corrected chi connectivity index (χ3v) is 4.34. The summed E-state index contributed by atoms with van der Waals surface area (Å²) in [7, 11) is 3.17. The topological polar surface area (TPSA) is 88.8 Å². The van der Waals surface area contributed by atoms with Crippen molar-refractivity contribution < 1.29 is 13.9 Å². The number of carbonyl (C=O) groups is 1. The van der Waals surface area contributed by atoms with Gasteiger partial charge in [0.2, 0.25) is 5.89 Å². The Bertz CT molecular complexity index is 760. The molecule has 0 radical (unpaired) electrons. The Morgan fingerprint density at radius 2 is 1.86 bits per heavy atom. The summed E-state index contributed by atoms with van der Waals surface area (Å²) in [4.78, 5) is 19.8. The van der Waals surface area contributed by atoms with E-state index < -0.39 is 0 Å². The summed E-state index contributed by atoms with van der Waals surface area (Å²) in [5, 5.41) is 6.52. The lowest BCUT2D eigenvalue weighted by Crippen LogP contribution is -2.37.